The molecule has 1 saturated carbocycles. The Morgan fingerprint density at radius 3 is 2.66 bits per heavy atom. The fraction of sp³-hybridized carbons (Fsp3) is 0.529. The first-order chi connectivity index (χ1) is 13.3. The zero-order valence-electron chi connectivity index (χ0n) is 15.6. The third-order valence-corrected chi connectivity index (χ3v) is 6.53. The lowest BCUT2D eigenvalue weighted by atomic mass is 10.1. The zero-order chi connectivity index (χ0) is 21.8. The second-order valence-electron chi connectivity index (χ2n) is 7.46. The summed E-state index contributed by atoms with van der Waals surface area (Å²) in [5, 5.41) is 16.8. The van der Waals surface area contributed by atoms with E-state index in [0.717, 1.165) is 31.4 Å². The molecule has 0 spiro atoms. The van der Waals surface area contributed by atoms with Crippen LogP contribution in [0.2, 0.25) is 0 Å². The van der Waals surface area contributed by atoms with E-state index in [1.54, 1.807) is 5.48 Å². The van der Waals surface area contributed by atoms with Gasteiger partial charge in [-0.3, -0.25) is 20.9 Å². The summed E-state index contributed by atoms with van der Waals surface area (Å²) in [6.45, 7) is 1.10. The number of nitrogens with one attached hydrogen (secondary N) is 2. The molecule has 29 heavy (non-hydrogen) atoms. The van der Waals surface area contributed by atoms with Gasteiger partial charge in [0.15, 0.2) is 15.9 Å². The van der Waals surface area contributed by atoms with Crippen molar-refractivity contribution in [2.75, 3.05) is 19.3 Å². The molecule has 160 valence electrons. The van der Waals surface area contributed by atoms with Crippen LogP contribution in [-0.4, -0.2) is 61.9 Å². The van der Waals surface area contributed by atoms with Gasteiger partial charge in [-0.2, -0.15) is 13.2 Å². The van der Waals surface area contributed by atoms with Crippen LogP contribution in [0, 0.1) is 16.7 Å². The lowest BCUT2D eigenvalue weighted by molar-refractivity contribution is -0.189. The lowest BCUT2D eigenvalue weighted by Gasteiger charge is -2.24. The van der Waals surface area contributed by atoms with Crippen molar-refractivity contribution in [1.82, 2.24) is 10.4 Å². The van der Waals surface area contributed by atoms with E-state index in [9.17, 15) is 26.4 Å². The molecule has 3 rings (SSSR count). The standard InChI is InChI=1S/C17H20F3N3O5S/c1-9(17(18,19)20)28-13-4-3-11(29(2,26)27)5-12(13)14(24)23-7-10-6-16(10,8-23)15(21)22-25/h3-5,9-10,25H,6-8H2,1-2H3,(H2,21,22)/t9-,10?,16?/m0/s1. The van der Waals surface area contributed by atoms with Gasteiger partial charge in [0.2, 0.25) is 0 Å². The van der Waals surface area contributed by atoms with Crippen molar-refractivity contribution in [2.24, 2.45) is 11.3 Å². The van der Waals surface area contributed by atoms with E-state index in [1.165, 1.54) is 4.90 Å². The number of amidine groups is 1. The molecule has 0 radical (unpaired) electrons. The number of hydrogen-bond acceptors (Lipinski definition) is 6. The minimum absolute atomic E-state index is 0.0600. The molecule has 3 atom stereocenters. The quantitative estimate of drug-likeness (QED) is 0.369. The maximum absolute atomic E-state index is 13.0. The molecular formula is C17H20F3N3O5S. The number of halogens is 3. The largest absolute Gasteiger partial charge is 0.480 e. The Hall–Kier alpha value is -2.34. The Morgan fingerprint density at radius 1 is 1.45 bits per heavy atom. The molecule has 1 heterocycles. The van der Waals surface area contributed by atoms with Crippen molar-refractivity contribution >= 4 is 21.6 Å². The van der Waals surface area contributed by atoms with Crippen LogP contribution in [0.15, 0.2) is 23.1 Å². The van der Waals surface area contributed by atoms with E-state index in [4.69, 9.17) is 15.4 Å². The van der Waals surface area contributed by atoms with Gasteiger partial charge in [-0.25, -0.2) is 8.42 Å². The van der Waals surface area contributed by atoms with Gasteiger partial charge in [0.1, 0.15) is 11.6 Å². The molecule has 1 saturated heterocycles. The minimum atomic E-state index is -4.67. The number of piperidine rings is 1. The Morgan fingerprint density at radius 2 is 2.10 bits per heavy atom. The summed E-state index contributed by atoms with van der Waals surface area (Å²) >= 11 is 0. The van der Waals surface area contributed by atoms with Crippen LogP contribution < -0.4 is 10.2 Å². The lowest BCUT2D eigenvalue weighted by Crippen LogP contribution is -2.38. The summed E-state index contributed by atoms with van der Waals surface area (Å²) < 4.78 is 67.3. The number of sulfone groups is 1. The molecule has 1 aromatic rings. The first-order valence-corrected chi connectivity index (χ1v) is 10.5. The van der Waals surface area contributed by atoms with Crippen LogP contribution in [-0.2, 0) is 9.84 Å². The van der Waals surface area contributed by atoms with Gasteiger partial charge in [-0.1, -0.05) is 0 Å². The summed E-state index contributed by atoms with van der Waals surface area (Å²) in [7, 11) is -3.71. The maximum Gasteiger partial charge on any atom is 0.425 e. The van der Waals surface area contributed by atoms with Crippen LogP contribution in [0.3, 0.4) is 0 Å². The number of alkyl halides is 3. The van der Waals surface area contributed by atoms with Crippen LogP contribution in [0.1, 0.15) is 23.7 Å². The van der Waals surface area contributed by atoms with Crippen LogP contribution in [0.5, 0.6) is 5.75 Å². The zero-order valence-corrected chi connectivity index (χ0v) is 16.4. The molecule has 0 bridgehead atoms. The van der Waals surface area contributed by atoms with Gasteiger partial charge in [-0.15, -0.1) is 0 Å². The highest BCUT2D eigenvalue weighted by Gasteiger charge is 2.64. The smallest absolute Gasteiger partial charge is 0.425 e. The number of hydrogen-bond donors (Lipinski definition) is 3. The van der Waals surface area contributed by atoms with Gasteiger partial charge >= 0.3 is 6.18 Å². The van der Waals surface area contributed by atoms with Crippen molar-refractivity contribution in [3.8, 4) is 5.75 Å². The Bertz CT molecular complexity index is 966. The highest BCUT2D eigenvalue weighted by Crippen LogP contribution is 2.58. The van der Waals surface area contributed by atoms with Gasteiger partial charge in [0, 0.05) is 19.3 Å². The van der Waals surface area contributed by atoms with Crippen LogP contribution in [0.4, 0.5) is 13.2 Å². The fourth-order valence-electron chi connectivity index (χ4n) is 3.57. The maximum atomic E-state index is 13.0. The summed E-state index contributed by atoms with van der Waals surface area (Å²) in [5.41, 5.74) is 0.777. The SMILES string of the molecule is C[C@H](Oc1ccc(S(C)(=O)=O)cc1C(=O)N1CC2CC2(C(=N)NO)C1)C(F)(F)F. The van der Waals surface area contributed by atoms with Crippen LogP contribution in [0.25, 0.3) is 0 Å². The molecule has 0 aromatic heterocycles. The van der Waals surface area contributed by atoms with E-state index < -0.39 is 33.4 Å². The minimum Gasteiger partial charge on any atom is -0.480 e. The van der Waals surface area contributed by atoms with E-state index >= 15 is 0 Å². The average molecular weight is 435 g/mol. The van der Waals surface area contributed by atoms with Crippen molar-refractivity contribution in [3.05, 3.63) is 23.8 Å². The average Bonchev–Trinajstić information content (AvgIpc) is 3.20. The van der Waals surface area contributed by atoms with Gasteiger partial charge in [-0.05, 0) is 37.5 Å². The Balaban J connectivity index is 1.93. The molecule has 2 unspecified atom stereocenters. The number of nitrogens with zero attached hydrogens (tertiary/aromatic N) is 1. The van der Waals surface area contributed by atoms with E-state index in [2.05, 4.69) is 0 Å². The first-order valence-electron chi connectivity index (χ1n) is 8.65. The van der Waals surface area contributed by atoms with Crippen molar-refractivity contribution < 1.29 is 36.3 Å². The van der Waals surface area contributed by atoms with Gasteiger partial charge in [0.25, 0.3) is 5.91 Å². The second-order valence-corrected chi connectivity index (χ2v) is 9.48. The fourth-order valence-corrected chi connectivity index (χ4v) is 4.22. The molecule has 2 aliphatic rings. The van der Waals surface area contributed by atoms with Gasteiger partial charge < -0.3 is 9.64 Å². The molecule has 12 heteroatoms. The number of likely N-dealkylation sites (tertiary alicyclic amines) is 1. The van der Waals surface area contributed by atoms with Crippen molar-refractivity contribution in [2.45, 2.75) is 30.5 Å². The summed E-state index contributed by atoms with van der Waals surface area (Å²) in [4.78, 5) is 14.1. The number of carbonyl (C=O) groups excluding carboxylic acids is 1. The predicted octanol–water partition coefficient (Wildman–Crippen LogP) is 1.84. The number of fused-ring (bicyclic) bond motifs is 1. The molecule has 1 aliphatic carbocycles. The molecule has 1 aliphatic heterocycles. The topological polar surface area (TPSA) is 120 Å². The molecule has 1 aromatic carbocycles. The summed E-state index contributed by atoms with van der Waals surface area (Å²) in [6.07, 6.45) is -5.36. The van der Waals surface area contributed by atoms with Crippen LogP contribution >= 0.6 is 0 Å². The third-order valence-electron chi connectivity index (χ3n) is 5.42. The van der Waals surface area contributed by atoms with Crippen molar-refractivity contribution in [1.29, 1.82) is 5.41 Å². The number of benzene rings is 1. The Kier molecular flexibility index (Phi) is 5.06. The number of amides is 1. The summed E-state index contributed by atoms with van der Waals surface area (Å²) in [5.74, 6) is -1.27. The first kappa shape index (κ1) is 21.4. The molecule has 2 fully saturated rings. The third kappa shape index (κ3) is 3.90. The number of hydroxylamine groups is 1. The molecule has 1 amide bonds. The van der Waals surface area contributed by atoms with Gasteiger partial charge in [0.05, 0.1) is 15.9 Å². The van der Waals surface area contributed by atoms with Crippen molar-refractivity contribution in [3.63, 3.8) is 0 Å². The van der Waals surface area contributed by atoms with E-state index in [0.29, 0.717) is 6.42 Å². The highest BCUT2D eigenvalue weighted by molar-refractivity contribution is 7.90. The Labute approximate surface area is 165 Å². The monoisotopic (exact) mass is 435 g/mol. The number of carbonyl (C=O) groups is 1. The molecular weight excluding hydrogens is 415 g/mol. The highest BCUT2D eigenvalue weighted by atomic mass is 32.2. The molecule has 3 N–H and O–H groups in total. The van der Waals surface area contributed by atoms with E-state index in [1.807, 2.05) is 0 Å². The molecule has 8 nitrogen and oxygen atoms in total. The summed E-state index contributed by atoms with van der Waals surface area (Å²) in [6, 6.07) is 3.12. The second kappa shape index (κ2) is 6.87. The number of ether oxygens (including phenoxy) is 1. The normalized spacial score (nSPS) is 24.6. The van der Waals surface area contributed by atoms with E-state index in [-0.39, 0.29) is 41.1 Å². The predicted molar refractivity (Wildman–Crippen MR) is 94.8 cm³/mol. The number of rotatable bonds is 5.